The van der Waals surface area contributed by atoms with E-state index in [1.807, 2.05) is 90.0 Å². The number of carbonyl (C=O) groups is 3. The second-order valence-electron chi connectivity index (χ2n) is 11.8. The number of aryl methyl sites for hydroxylation is 1. The molecule has 0 aliphatic carbocycles. The number of Topliss-reactive ketones (excluding diaryl/α,β-unsaturated/α-hetero) is 2. The normalized spacial score (nSPS) is 22.4. The standard InChI is InChI=1S/C38H34N2O5/c1-4-9-23-14-16-25(17-15-23)34(41)32-33(35(42)28-22-26(44-2)18-19-31(28)45-3)40-21-20-24-10-5-6-11-27(24)36(40)38(32)29-12-7-8-13-30(29)39-37(38)43/h5-8,10-22,32-33,36H,4,9H2,1-3H3,(H,39,43). The van der Waals surface area contributed by atoms with Crippen LogP contribution < -0.4 is 14.8 Å². The van der Waals surface area contributed by atoms with Crippen molar-refractivity contribution in [3.63, 3.8) is 0 Å². The smallest absolute Gasteiger partial charge is 0.238 e. The summed E-state index contributed by atoms with van der Waals surface area (Å²) in [5.74, 6) is -1.09. The molecule has 0 bridgehead atoms. The first-order valence-corrected chi connectivity index (χ1v) is 15.3. The Morgan fingerprint density at radius 3 is 2.40 bits per heavy atom. The van der Waals surface area contributed by atoms with Gasteiger partial charge in [0.05, 0.1) is 31.7 Å². The lowest BCUT2D eigenvalue weighted by Gasteiger charge is -2.38. The first kappa shape index (κ1) is 28.6. The van der Waals surface area contributed by atoms with Gasteiger partial charge in [-0.25, -0.2) is 0 Å². The molecule has 1 saturated heterocycles. The van der Waals surface area contributed by atoms with Crippen LogP contribution in [-0.2, 0) is 16.6 Å². The molecule has 3 heterocycles. The van der Waals surface area contributed by atoms with Crippen LogP contribution >= 0.6 is 0 Å². The van der Waals surface area contributed by atoms with Crippen molar-refractivity contribution < 1.29 is 23.9 Å². The van der Waals surface area contributed by atoms with Gasteiger partial charge < -0.3 is 19.7 Å². The zero-order chi connectivity index (χ0) is 31.3. The van der Waals surface area contributed by atoms with Crippen LogP contribution in [0.4, 0.5) is 5.69 Å². The summed E-state index contributed by atoms with van der Waals surface area (Å²) in [6.45, 7) is 2.11. The zero-order valence-corrected chi connectivity index (χ0v) is 25.4. The van der Waals surface area contributed by atoms with Crippen LogP contribution in [0.15, 0.2) is 97.2 Å². The van der Waals surface area contributed by atoms with E-state index in [9.17, 15) is 4.79 Å². The van der Waals surface area contributed by atoms with Gasteiger partial charge in [0.15, 0.2) is 11.6 Å². The molecule has 7 nitrogen and oxygen atoms in total. The van der Waals surface area contributed by atoms with Crippen molar-refractivity contribution in [3.8, 4) is 11.5 Å². The number of nitrogens with one attached hydrogen (secondary N) is 1. The van der Waals surface area contributed by atoms with E-state index in [1.165, 1.54) is 14.2 Å². The number of amides is 1. The van der Waals surface area contributed by atoms with E-state index >= 15 is 9.59 Å². The molecule has 1 spiro atoms. The van der Waals surface area contributed by atoms with Crippen molar-refractivity contribution in [1.82, 2.24) is 4.90 Å². The fourth-order valence-electron chi connectivity index (χ4n) is 7.64. The number of hydrogen-bond acceptors (Lipinski definition) is 6. The summed E-state index contributed by atoms with van der Waals surface area (Å²) in [5, 5.41) is 3.10. The number of rotatable bonds is 8. The predicted octanol–water partition coefficient (Wildman–Crippen LogP) is 6.64. The summed E-state index contributed by atoms with van der Waals surface area (Å²) in [4.78, 5) is 46.7. The van der Waals surface area contributed by atoms with Crippen molar-refractivity contribution in [2.45, 2.75) is 37.3 Å². The molecule has 1 amide bonds. The van der Waals surface area contributed by atoms with E-state index in [2.05, 4.69) is 12.2 Å². The van der Waals surface area contributed by atoms with Crippen LogP contribution in [-0.4, -0.2) is 42.6 Å². The Bertz CT molecular complexity index is 1860. The summed E-state index contributed by atoms with van der Waals surface area (Å²) < 4.78 is 11.1. The fraction of sp³-hybridized carbons (Fsp3) is 0.237. The quantitative estimate of drug-likeness (QED) is 0.229. The summed E-state index contributed by atoms with van der Waals surface area (Å²) in [6.07, 6.45) is 5.70. The number of ether oxygens (including phenoxy) is 2. The van der Waals surface area contributed by atoms with E-state index in [-0.39, 0.29) is 23.0 Å². The fourth-order valence-corrected chi connectivity index (χ4v) is 7.64. The summed E-state index contributed by atoms with van der Waals surface area (Å²) in [7, 11) is 3.05. The number of anilines is 1. The first-order chi connectivity index (χ1) is 21.9. The van der Waals surface area contributed by atoms with Crippen molar-refractivity contribution >= 4 is 29.2 Å². The first-order valence-electron chi connectivity index (χ1n) is 15.3. The van der Waals surface area contributed by atoms with E-state index in [0.29, 0.717) is 28.3 Å². The summed E-state index contributed by atoms with van der Waals surface area (Å²) in [5.41, 5.74) is 3.66. The largest absolute Gasteiger partial charge is 0.497 e. The highest BCUT2D eigenvalue weighted by molar-refractivity contribution is 6.17. The van der Waals surface area contributed by atoms with Crippen LogP contribution in [0.25, 0.3) is 6.08 Å². The lowest BCUT2D eigenvalue weighted by atomic mass is 9.62. The molecule has 45 heavy (non-hydrogen) atoms. The third kappa shape index (κ3) is 4.21. The maximum Gasteiger partial charge on any atom is 0.238 e. The maximum absolute atomic E-state index is 15.1. The topological polar surface area (TPSA) is 84.9 Å². The SMILES string of the molecule is CCCc1ccc(C(=O)C2C(C(=O)c3cc(OC)ccc3OC)N3C=Cc4ccccc4C3C23C(=O)Nc2ccccc23)cc1. The van der Waals surface area contributed by atoms with E-state index in [1.54, 1.807) is 18.2 Å². The van der Waals surface area contributed by atoms with Crippen molar-refractivity contribution in [2.75, 3.05) is 19.5 Å². The Kier molecular flexibility index (Phi) is 7.04. The Hall–Kier alpha value is -5.17. The van der Waals surface area contributed by atoms with E-state index in [0.717, 1.165) is 29.5 Å². The van der Waals surface area contributed by atoms with Crippen molar-refractivity contribution in [2.24, 2.45) is 5.92 Å². The van der Waals surface area contributed by atoms with Gasteiger partial charge in [0.2, 0.25) is 5.91 Å². The third-order valence-electron chi connectivity index (χ3n) is 9.57. The van der Waals surface area contributed by atoms with Gasteiger partial charge in [-0.2, -0.15) is 0 Å². The van der Waals surface area contributed by atoms with Gasteiger partial charge in [-0.15, -0.1) is 0 Å². The molecule has 7 heteroatoms. The molecule has 3 aliphatic rings. The molecule has 1 fully saturated rings. The average Bonchev–Trinajstić information content (AvgIpc) is 3.56. The lowest BCUT2D eigenvalue weighted by Crippen LogP contribution is -2.49. The van der Waals surface area contributed by atoms with Gasteiger partial charge in [0, 0.05) is 17.5 Å². The molecule has 0 saturated carbocycles. The van der Waals surface area contributed by atoms with Crippen LogP contribution in [0.5, 0.6) is 11.5 Å². The highest BCUT2D eigenvalue weighted by atomic mass is 16.5. The second-order valence-corrected chi connectivity index (χ2v) is 11.8. The Morgan fingerprint density at radius 1 is 0.889 bits per heavy atom. The minimum absolute atomic E-state index is 0.259. The lowest BCUT2D eigenvalue weighted by molar-refractivity contribution is -0.122. The van der Waals surface area contributed by atoms with Gasteiger partial charge in [-0.05, 0) is 59.0 Å². The molecule has 1 N–H and O–H groups in total. The molecular weight excluding hydrogens is 564 g/mol. The van der Waals surface area contributed by atoms with Crippen LogP contribution in [0.1, 0.15) is 62.4 Å². The van der Waals surface area contributed by atoms with Crippen LogP contribution in [0, 0.1) is 5.92 Å². The van der Waals surface area contributed by atoms with E-state index < -0.39 is 23.4 Å². The van der Waals surface area contributed by atoms with Gasteiger partial charge in [-0.3, -0.25) is 14.4 Å². The van der Waals surface area contributed by atoms with E-state index in [4.69, 9.17) is 9.47 Å². The molecule has 226 valence electrons. The highest BCUT2D eigenvalue weighted by Gasteiger charge is 2.70. The Morgan fingerprint density at radius 2 is 1.64 bits per heavy atom. The van der Waals surface area contributed by atoms with Gasteiger partial charge in [0.1, 0.15) is 23.0 Å². The molecular formula is C38H34N2O5. The number of nitrogens with zero attached hydrogens (tertiary/aromatic N) is 1. The minimum atomic E-state index is -1.40. The molecule has 4 unspecified atom stereocenters. The maximum atomic E-state index is 15.1. The number of carbonyl (C=O) groups excluding carboxylic acids is 3. The predicted molar refractivity (Wildman–Crippen MR) is 173 cm³/mol. The van der Waals surface area contributed by atoms with Crippen LogP contribution in [0.2, 0.25) is 0 Å². The Balaban J connectivity index is 1.51. The van der Waals surface area contributed by atoms with Crippen molar-refractivity contribution in [3.05, 3.63) is 131 Å². The molecule has 4 aromatic carbocycles. The number of hydrogen-bond donors (Lipinski definition) is 1. The second kappa shape index (κ2) is 11.1. The highest BCUT2D eigenvalue weighted by Crippen LogP contribution is 2.62. The number of ketones is 2. The number of benzene rings is 4. The Labute approximate surface area is 262 Å². The number of methoxy groups -OCH3 is 2. The molecule has 4 aromatic rings. The molecule has 4 atom stereocenters. The molecule has 7 rings (SSSR count). The molecule has 0 radical (unpaired) electrons. The minimum Gasteiger partial charge on any atom is -0.497 e. The van der Waals surface area contributed by atoms with Crippen molar-refractivity contribution in [1.29, 1.82) is 0 Å². The summed E-state index contributed by atoms with van der Waals surface area (Å²) in [6, 6.07) is 26.4. The average molecular weight is 599 g/mol. The number of para-hydroxylation sites is 1. The van der Waals surface area contributed by atoms with Gasteiger partial charge in [0.25, 0.3) is 0 Å². The monoisotopic (exact) mass is 598 g/mol. The van der Waals surface area contributed by atoms with Crippen LogP contribution in [0.3, 0.4) is 0 Å². The molecule has 0 aromatic heterocycles. The summed E-state index contributed by atoms with van der Waals surface area (Å²) >= 11 is 0. The zero-order valence-electron chi connectivity index (χ0n) is 25.4. The molecule has 3 aliphatic heterocycles. The van der Waals surface area contributed by atoms with Gasteiger partial charge >= 0.3 is 0 Å². The van der Waals surface area contributed by atoms with Gasteiger partial charge in [-0.1, -0.05) is 80.1 Å². The third-order valence-corrected chi connectivity index (χ3v) is 9.57. The number of fused-ring (bicyclic) bond motifs is 6.